The van der Waals surface area contributed by atoms with Crippen LogP contribution in [-0.2, 0) is 0 Å². The van der Waals surface area contributed by atoms with Crippen LogP contribution >= 0.6 is 47.8 Å². The molecule has 0 rings (SSSR count). The minimum Gasteiger partial charge on any atom is -0.0878 e. The van der Waals surface area contributed by atoms with Crippen molar-refractivity contribution in [3.63, 3.8) is 0 Å². The van der Waals surface area contributed by atoms with Gasteiger partial charge in [0.15, 0.2) is 0 Å². The molecular weight excluding hydrogens is 324 g/mol. The maximum Gasteiger partial charge on any atom is 0.0396 e. The van der Waals surface area contributed by atoms with Crippen LogP contribution in [0.5, 0.6) is 0 Å². The van der Waals surface area contributed by atoms with Crippen LogP contribution in [-0.4, -0.2) is 14.5 Å². The van der Waals surface area contributed by atoms with Gasteiger partial charge in [-0.15, -0.1) is 0 Å². The number of alkyl halides is 3. The molecule has 10 heavy (non-hydrogen) atoms. The van der Waals surface area contributed by atoms with Crippen LogP contribution in [0.4, 0.5) is 0 Å². The molecule has 0 bridgehead atoms. The summed E-state index contributed by atoms with van der Waals surface area (Å²) >= 11 is 10.8. The van der Waals surface area contributed by atoms with Crippen LogP contribution in [0.1, 0.15) is 26.7 Å². The molecule has 0 aliphatic carbocycles. The average Bonchev–Trinajstić information content (AvgIpc) is 2.00. The van der Waals surface area contributed by atoms with Crippen LogP contribution in [0, 0.1) is 0 Å². The normalized spacial score (nSPS) is 20.1. The van der Waals surface area contributed by atoms with Crippen molar-refractivity contribution in [3.05, 3.63) is 0 Å². The van der Waals surface area contributed by atoms with Crippen LogP contribution in [0.3, 0.4) is 0 Å². The van der Waals surface area contributed by atoms with E-state index in [1.807, 2.05) is 0 Å². The average molecular weight is 337 g/mol. The van der Waals surface area contributed by atoms with Gasteiger partial charge in [0.2, 0.25) is 0 Å². The van der Waals surface area contributed by atoms with Crippen molar-refractivity contribution in [1.82, 2.24) is 0 Å². The third kappa shape index (κ3) is 3.72. The molecule has 0 amide bonds. The van der Waals surface area contributed by atoms with Crippen molar-refractivity contribution in [2.24, 2.45) is 0 Å². The fraction of sp³-hybridized carbons (Fsp3) is 1.00. The quantitative estimate of drug-likeness (QED) is 0.678. The highest BCUT2D eigenvalue weighted by Crippen LogP contribution is 2.26. The van der Waals surface area contributed by atoms with E-state index in [1.165, 1.54) is 0 Å². The lowest BCUT2D eigenvalue weighted by Gasteiger charge is -2.19. The Bertz CT molecular complexity index is 74.9. The van der Waals surface area contributed by atoms with Gasteiger partial charge in [-0.3, -0.25) is 0 Å². The Morgan fingerprint density at radius 1 is 0.900 bits per heavy atom. The fourth-order valence-corrected chi connectivity index (χ4v) is 2.57. The van der Waals surface area contributed by atoms with Crippen LogP contribution in [0.15, 0.2) is 0 Å². The van der Waals surface area contributed by atoms with Gasteiger partial charge in [-0.25, -0.2) is 0 Å². The summed E-state index contributed by atoms with van der Waals surface area (Å²) in [6.07, 6.45) is 2.33. The highest BCUT2D eigenvalue weighted by Gasteiger charge is 2.20. The molecule has 2 atom stereocenters. The van der Waals surface area contributed by atoms with Crippen molar-refractivity contribution in [2.75, 3.05) is 0 Å². The smallest absolute Gasteiger partial charge is 0.0396 e. The lowest BCUT2D eigenvalue weighted by Crippen LogP contribution is -2.22. The minimum atomic E-state index is 0.544. The van der Waals surface area contributed by atoms with Gasteiger partial charge in [-0.2, -0.15) is 0 Å². The summed E-state index contributed by atoms with van der Waals surface area (Å²) < 4.78 is 0. The maximum atomic E-state index is 3.64. The molecule has 0 aromatic rings. The predicted molar refractivity (Wildman–Crippen MR) is 58.7 cm³/mol. The first-order valence-electron chi connectivity index (χ1n) is 3.55. The van der Waals surface area contributed by atoms with Gasteiger partial charge < -0.3 is 0 Å². The van der Waals surface area contributed by atoms with Gasteiger partial charge >= 0.3 is 0 Å². The lowest BCUT2D eigenvalue weighted by molar-refractivity contribution is 0.726. The molecule has 0 nitrogen and oxygen atoms in total. The second-order valence-corrected chi connectivity index (χ2v) is 5.70. The highest BCUT2D eigenvalue weighted by atomic mass is 79.9. The van der Waals surface area contributed by atoms with E-state index in [4.69, 9.17) is 0 Å². The van der Waals surface area contributed by atoms with Gasteiger partial charge in [-0.05, 0) is 12.8 Å². The lowest BCUT2D eigenvalue weighted by atomic mass is 10.2. The second kappa shape index (κ2) is 6.01. The number of rotatable bonds is 4. The minimum absolute atomic E-state index is 0.544. The Balaban J connectivity index is 3.69. The maximum absolute atomic E-state index is 3.64. The Morgan fingerprint density at radius 2 is 1.20 bits per heavy atom. The predicted octanol–water partition coefficient (Wildman–Crippen LogP) is 4.10. The van der Waals surface area contributed by atoms with E-state index < -0.39 is 0 Å². The summed E-state index contributed by atoms with van der Waals surface area (Å²) in [5.41, 5.74) is 0. The molecule has 0 aromatic heterocycles. The van der Waals surface area contributed by atoms with Crippen molar-refractivity contribution >= 4 is 47.8 Å². The molecule has 62 valence electrons. The molecule has 2 unspecified atom stereocenters. The van der Waals surface area contributed by atoms with E-state index in [-0.39, 0.29) is 0 Å². The molecule has 0 aliphatic heterocycles. The van der Waals surface area contributed by atoms with Crippen LogP contribution in [0.25, 0.3) is 0 Å². The van der Waals surface area contributed by atoms with Crippen molar-refractivity contribution in [2.45, 2.75) is 41.2 Å². The topological polar surface area (TPSA) is 0 Å². The van der Waals surface area contributed by atoms with E-state index in [0.717, 1.165) is 12.8 Å². The largest absolute Gasteiger partial charge is 0.0878 e. The zero-order chi connectivity index (χ0) is 8.15. The second-order valence-electron chi connectivity index (χ2n) is 2.29. The molecular formula is C7H13Br3. The van der Waals surface area contributed by atoms with Crippen LogP contribution < -0.4 is 0 Å². The fourth-order valence-electron chi connectivity index (χ4n) is 0.677. The Hall–Kier alpha value is 1.44. The molecule has 3 heteroatoms. The van der Waals surface area contributed by atoms with Gasteiger partial charge in [-0.1, -0.05) is 61.6 Å². The number of hydrogen-bond acceptors (Lipinski definition) is 0. The van der Waals surface area contributed by atoms with E-state index in [0.29, 0.717) is 14.5 Å². The first-order chi connectivity index (χ1) is 4.63. The molecule has 0 aliphatic rings. The molecule has 0 aromatic carbocycles. The molecule has 0 N–H and O–H groups in total. The summed E-state index contributed by atoms with van der Waals surface area (Å²) in [6, 6.07) is 0. The zero-order valence-electron chi connectivity index (χ0n) is 6.28. The molecule has 0 heterocycles. The molecule has 0 saturated heterocycles. The Kier molecular flexibility index (Phi) is 6.88. The monoisotopic (exact) mass is 334 g/mol. The molecule has 0 radical (unpaired) electrons. The first kappa shape index (κ1) is 11.4. The van der Waals surface area contributed by atoms with Gasteiger partial charge in [0.25, 0.3) is 0 Å². The van der Waals surface area contributed by atoms with Crippen molar-refractivity contribution in [3.8, 4) is 0 Å². The zero-order valence-corrected chi connectivity index (χ0v) is 11.0. The number of hydrogen-bond donors (Lipinski definition) is 0. The van der Waals surface area contributed by atoms with E-state index >= 15 is 0 Å². The number of halogens is 3. The Labute approximate surface area is 88.5 Å². The summed E-state index contributed by atoms with van der Waals surface area (Å²) in [4.78, 5) is 1.70. The first-order valence-corrected chi connectivity index (χ1v) is 6.30. The molecule has 0 fully saturated rings. The van der Waals surface area contributed by atoms with Gasteiger partial charge in [0.1, 0.15) is 0 Å². The van der Waals surface area contributed by atoms with E-state index in [2.05, 4.69) is 61.6 Å². The molecule has 0 saturated carbocycles. The van der Waals surface area contributed by atoms with E-state index in [1.54, 1.807) is 0 Å². The van der Waals surface area contributed by atoms with Gasteiger partial charge in [0, 0.05) is 14.5 Å². The standard InChI is InChI=1S/C7H13Br3/c1-3-5(8)7(10)6(9)4-2/h5-7H,3-4H2,1-2H3. The Morgan fingerprint density at radius 3 is 1.40 bits per heavy atom. The van der Waals surface area contributed by atoms with Crippen LogP contribution in [0.2, 0.25) is 0 Å². The van der Waals surface area contributed by atoms with Crippen molar-refractivity contribution in [1.29, 1.82) is 0 Å². The third-order valence-electron chi connectivity index (χ3n) is 1.47. The third-order valence-corrected chi connectivity index (χ3v) is 6.60. The summed E-state index contributed by atoms with van der Waals surface area (Å²) in [5.74, 6) is 0. The summed E-state index contributed by atoms with van der Waals surface area (Å²) in [7, 11) is 0. The SMILES string of the molecule is CCC(Br)C(Br)C(Br)CC. The van der Waals surface area contributed by atoms with Gasteiger partial charge in [0.05, 0.1) is 0 Å². The summed E-state index contributed by atoms with van der Waals surface area (Å²) in [6.45, 7) is 4.37. The van der Waals surface area contributed by atoms with E-state index in [9.17, 15) is 0 Å². The summed E-state index contributed by atoms with van der Waals surface area (Å²) in [5, 5.41) is 0. The highest BCUT2D eigenvalue weighted by molar-refractivity contribution is 9.13. The van der Waals surface area contributed by atoms with Crippen molar-refractivity contribution < 1.29 is 0 Å². The molecule has 0 spiro atoms.